The predicted octanol–water partition coefficient (Wildman–Crippen LogP) is 3.37. The maximum atomic E-state index is 13.2. The van der Waals surface area contributed by atoms with Gasteiger partial charge in [0.2, 0.25) is 0 Å². The Morgan fingerprint density at radius 1 is 0.678 bits per heavy atom. The average molecular weight is 831 g/mol. The lowest BCUT2D eigenvalue weighted by atomic mass is 9.86. The summed E-state index contributed by atoms with van der Waals surface area (Å²) in [6, 6.07) is 5.74. The summed E-state index contributed by atoms with van der Waals surface area (Å²) in [5, 5.41) is 47.0. The molecule has 19 nitrogen and oxygen atoms in total. The largest absolute Gasteiger partial charge is 0.478 e. The molecule has 0 aromatic heterocycles. The van der Waals surface area contributed by atoms with Crippen molar-refractivity contribution in [3.05, 3.63) is 94.1 Å². The Morgan fingerprint density at radius 2 is 1.17 bits per heavy atom. The van der Waals surface area contributed by atoms with E-state index in [1.165, 1.54) is 20.8 Å². The number of aromatic carboxylic acids is 3. The number of carboxylic acid groups (broad SMARTS) is 3. The number of hydrogen-bond acceptors (Lipinski definition) is 16. The minimum atomic E-state index is -2.15. The lowest BCUT2D eigenvalue weighted by Crippen LogP contribution is -2.35. The molecule has 0 spiro atoms. The number of aliphatic hydroxyl groups is 2. The standard InChI is InChI=1S/C40H46O19/c1-20(2)35(49)55-17-25(58-37(51)23-8-10-27(31(41)42)29(12-23)33(45)46)16-54-15-22(5)14-40(6,7)39(53)57-19-26(18-56-36(50)21(3)4)59-38(52)24-9-11-28(32(43)44)30(13-24)34(47)48/h8-13,20,25-26,32,43-44H,3,5,14-19H2,1-2,4,6-7H3,(H,41,42)(H,45,46)(H,47,48). The van der Waals surface area contributed by atoms with Gasteiger partial charge in [-0.2, -0.15) is 0 Å². The number of carboxylic acids is 3. The molecule has 19 heteroatoms. The third-order valence-corrected chi connectivity index (χ3v) is 7.95. The Morgan fingerprint density at radius 3 is 1.68 bits per heavy atom. The first-order valence-corrected chi connectivity index (χ1v) is 17.6. The second kappa shape index (κ2) is 21.9. The van der Waals surface area contributed by atoms with Crippen LogP contribution in [0, 0.1) is 11.3 Å². The van der Waals surface area contributed by atoms with Crippen LogP contribution in [-0.4, -0.2) is 119 Å². The number of carbonyl (C=O) groups is 8. The van der Waals surface area contributed by atoms with E-state index in [1.807, 2.05) is 0 Å². The molecule has 0 saturated heterocycles. The summed E-state index contributed by atoms with van der Waals surface area (Å²) in [6.07, 6.45) is -4.81. The van der Waals surface area contributed by atoms with Gasteiger partial charge in [0.15, 0.2) is 18.5 Å². The average Bonchev–Trinajstić information content (AvgIpc) is 3.16. The van der Waals surface area contributed by atoms with Gasteiger partial charge in [0, 0.05) is 11.1 Å². The lowest BCUT2D eigenvalue weighted by molar-refractivity contribution is -0.159. The van der Waals surface area contributed by atoms with Crippen LogP contribution in [0.25, 0.3) is 0 Å². The summed E-state index contributed by atoms with van der Waals surface area (Å²) in [7, 11) is 0. The van der Waals surface area contributed by atoms with Gasteiger partial charge in [-0.25, -0.2) is 28.8 Å². The van der Waals surface area contributed by atoms with E-state index >= 15 is 0 Å². The molecule has 320 valence electrons. The van der Waals surface area contributed by atoms with E-state index in [4.69, 9.17) is 28.4 Å². The molecule has 0 radical (unpaired) electrons. The molecular weight excluding hydrogens is 784 g/mol. The van der Waals surface area contributed by atoms with Gasteiger partial charge in [-0.05, 0) is 57.5 Å². The van der Waals surface area contributed by atoms with Crippen molar-refractivity contribution in [3.8, 4) is 0 Å². The molecule has 0 aliphatic heterocycles. The van der Waals surface area contributed by atoms with Crippen LogP contribution in [0.15, 0.2) is 60.7 Å². The van der Waals surface area contributed by atoms with Gasteiger partial charge in [0.25, 0.3) is 0 Å². The molecule has 0 saturated carbocycles. The minimum absolute atomic E-state index is 0.0147. The molecule has 2 atom stereocenters. The second-order valence-corrected chi connectivity index (χ2v) is 14.0. The summed E-state index contributed by atoms with van der Waals surface area (Å²) < 4.78 is 32.1. The van der Waals surface area contributed by atoms with E-state index in [-0.39, 0.29) is 41.9 Å². The number of hydrogen-bond donors (Lipinski definition) is 5. The molecule has 0 bridgehead atoms. The number of aliphatic hydroxyl groups excluding tert-OH is 1. The van der Waals surface area contributed by atoms with Crippen LogP contribution < -0.4 is 0 Å². The monoisotopic (exact) mass is 830 g/mol. The highest BCUT2D eigenvalue weighted by Gasteiger charge is 2.32. The van der Waals surface area contributed by atoms with Crippen molar-refractivity contribution in [2.45, 2.75) is 59.5 Å². The smallest absolute Gasteiger partial charge is 0.338 e. The van der Waals surface area contributed by atoms with Crippen LogP contribution >= 0.6 is 0 Å². The molecule has 0 heterocycles. The van der Waals surface area contributed by atoms with E-state index in [9.17, 15) is 63.9 Å². The van der Waals surface area contributed by atoms with E-state index < -0.39 is 114 Å². The Balaban J connectivity index is 2.11. The van der Waals surface area contributed by atoms with E-state index in [2.05, 4.69) is 13.2 Å². The molecule has 2 unspecified atom stereocenters. The van der Waals surface area contributed by atoms with Crippen LogP contribution in [0.5, 0.6) is 0 Å². The van der Waals surface area contributed by atoms with Gasteiger partial charge >= 0.3 is 47.8 Å². The quantitative estimate of drug-likeness (QED) is 0.0353. The Labute approximate surface area is 337 Å². The van der Waals surface area contributed by atoms with Gasteiger partial charge < -0.3 is 54.0 Å². The summed E-state index contributed by atoms with van der Waals surface area (Å²) in [6.45, 7) is 12.6. The zero-order valence-electron chi connectivity index (χ0n) is 32.9. The fourth-order valence-electron chi connectivity index (χ4n) is 4.88. The van der Waals surface area contributed by atoms with Crippen LogP contribution in [-0.2, 0) is 42.8 Å². The van der Waals surface area contributed by atoms with Crippen molar-refractivity contribution in [3.63, 3.8) is 0 Å². The highest BCUT2D eigenvalue weighted by Crippen LogP contribution is 2.27. The molecule has 0 aliphatic carbocycles. The summed E-state index contributed by atoms with van der Waals surface area (Å²) >= 11 is 0. The van der Waals surface area contributed by atoms with Gasteiger partial charge in [0.05, 0.1) is 52.4 Å². The number of esters is 5. The zero-order chi connectivity index (χ0) is 44.8. The normalized spacial score (nSPS) is 12.2. The van der Waals surface area contributed by atoms with Gasteiger partial charge in [-0.3, -0.25) is 9.59 Å². The predicted molar refractivity (Wildman–Crippen MR) is 200 cm³/mol. The fraction of sp³-hybridized carbons (Fsp3) is 0.400. The van der Waals surface area contributed by atoms with Crippen molar-refractivity contribution in [1.29, 1.82) is 0 Å². The van der Waals surface area contributed by atoms with E-state index in [0.717, 1.165) is 36.4 Å². The topological polar surface area (TPSA) is 293 Å². The summed E-state index contributed by atoms with van der Waals surface area (Å²) in [5.74, 6) is -9.68. The van der Waals surface area contributed by atoms with Crippen LogP contribution in [0.2, 0.25) is 0 Å². The minimum Gasteiger partial charge on any atom is -0.478 e. The van der Waals surface area contributed by atoms with Crippen molar-refractivity contribution >= 4 is 47.8 Å². The highest BCUT2D eigenvalue weighted by molar-refractivity contribution is 6.04. The maximum absolute atomic E-state index is 13.2. The molecule has 5 N–H and O–H groups in total. The summed E-state index contributed by atoms with van der Waals surface area (Å²) in [5.41, 5.74) is -3.74. The summed E-state index contributed by atoms with van der Waals surface area (Å²) in [4.78, 5) is 98.0. The van der Waals surface area contributed by atoms with Crippen LogP contribution in [0.1, 0.15) is 105 Å². The van der Waals surface area contributed by atoms with Crippen molar-refractivity contribution in [2.24, 2.45) is 11.3 Å². The Kier molecular flexibility index (Phi) is 18.1. The van der Waals surface area contributed by atoms with Crippen LogP contribution in [0.4, 0.5) is 0 Å². The number of benzene rings is 2. The zero-order valence-corrected chi connectivity index (χ0v) is 32.9. The van der Waals surface area contributed by atoms with Crippen molar-refractivity contribution < 1.29 is 92.3 Å². The lowest BCUT2D eigenvalue weighted by Gasteiger charge is -2.26. The first kappa shape index (κ1) is 48.7. The molecule has 0 fully saturated rings. The number of carbonyl (C=O) groups excluding carboxylic acids is 5. The molecule has 2 aromatic rings. The third kappa shape index (κ3) is 15.1. The molecule has 2 aromatic carbocycles. The van der Waals surface area contributed by atoms with Crippen molar-refractivity contribution in [2.75, 3.05) is 33.0 Å². The second-order valence-electron chi connectivity index (χ2n) is 14.0. The van der Waals surface area contributed by atoms with E-state index in [1.54, 1.807) is 13.8 Å². The van der Waals surface area contributed by atoms with Gasteiger partial charge in [-0.1, -0.05) is 38.6 Å². The fourth-order valence-corrected chi connectivity index (χ4v) is 4.88. The number of rotatable bonds is 23. The molecule has 59 heavy (non-hydrogen) atoms. The molecule has 0 aliphatic rings. The maximum Gasteiger partial charge on any atom is 0.338 e. The molecule has 0 amide bonds. The third-order valence-electron chi connectivity index (χ3n) is 7.95. The highest BCUT2D eigenvalue weighted by atomic mass is 16.6. The molecule has 2 rings (SSSR count). The Hall–Kier alpha value is -6.44. The first-order valence-electron chi connectivity index (χ1n) is 17.6. The van der Waals surface area contributed by atoms with Crippen LogP contribution in [0.3, 0.4) is 0 Å². The molecular formula is C40H46O19. The number of ether oxygens (including phenoxy) is 6. The SMILES string of the molecule is C=C(COCC(COC(=O)C(C)C)OC(=O)c1ccc(C(=O)O)c(C(=O)O)c1)CC(C)(C)C(=O)OCC(COC(=O)C(=C)C)OC(=O)c1ccc(C(O)O)c(C(=O)O)c1. The van der Waals surface area contributed by atoms with Gasteiger partial charge in [-0.15, -0.1) is 0 Å². The van der Waals surface area contributed by atoms with E-state index in [0.29, 0.717) is 5.57 Å². The van der Waals surface area contributed by atoms with Crippen molar-refractivity contribution in [1.82, 2.24) is 0 Å². The first-order chi connectivity index (χ1) is 27.4. The Bertz CT molecular complexity index is 1960. The van der Waals surface area contributed by atoms with Gasteiger partial charge in [0.1, 0.15) is 19.8 Å².